The molecule has 0 aromatic heterocycles. The summed E-state index contributed by atoms with van der Waals surface area (Å²) in [7, 11) is 0. The number of hydrogen-bond acceptors (Lipinski definition) is 2. The van der Waals surface area contributed by atoms with E-state index in [9.17, 15) is 0 Å². The molecule has 1 saturated heterocycles. The average molecular weight is 252 g/mol. The summed E-state index contributed by atoms with van der Waals surface area (Å²) in [5.41, 5.74) is 0. The highest BCUT2D eigenvalue weighted by Crippen LogP contribution is 2.30. The number of rotatable bonds is 3. The van der Waals surface area contributed by atoms with Crippen LogP contribution >= 0.6 is 0 Å². The van der Waals surface area contributed by atoms with Crippen molar-refractivity contribution in [1.82, 2.24) is 10.2 Å². The van der Waals surface area contributed by atoms with E-state index in [0.29, 0.717) is 6.04 Å². The smallest absolute Gasteiger partial charge is 0.0196 e. The second-order valence-electron chi connectivity index (χ2n) is 6.67. The topological polar surface area (TPSA) is 15.3 Å². The molecule has 0 bridgehead atoms. The Balaban J connectivity index is 1.88. The summed E-state index contributed by atoms with van der Waals surface area (Å²) in [6.07, 6.45) is 10.1. The molecule has 18 heavy (non-hydrogen) atoms. The molecule has 0 aromatic rings. The van der Waals surface area contributed by atoms with Gasteiger partial charge in [-0.05, 0) is 39.0 Å². The van der Waals surface area contributed by atoms with Crippen molar-refractivity contribution in [2.75, 3.05) is 13.1 Å². The van der Waals surface area contributed by atoms with E-state index >= 15 is 0 Å². The van der Waals surface area contributed by atoms with Gasteiger partial charge in [0.1, 0.15) is 0 Å². The Morgan fingerprint density at radius 3 is 2.72 bits per heavy atom. The van der Waals surface area contributed by atoms with Gasteiger partial charge in [0.05, 0.1) is 0 Å². The van der Waals surface area contributed by atoms with E-state index in [-0.39, 0.29) is 0 Å². The monoisotopic (exact) mass is 252 g/mol. The molecule has 0 spiro atoms. The fourth-order valence-electron chi connectivity index (χ4n) is 3.95. The third-order valence-corrected chi connectivity index (χ3v) is 5.04. The minimum Gasteiger partial charge on any atom is -0.311 e. The summed E-state index contributed by atoms with van der Waals surface area (Å²) in [4.78, 5) is 2.80. The molecule has 4 atom stereocenters. The molecule has 2 heteroatoms. The number of hydrogen-bond donors (Lipinski definition) is 1. The van der Waals surface area contributed by atoms with E-state index in [1.165, 1.54) is 58.0 Å². The molecule has 1 saturated carbocycles. The molecular formula is C16H32N2. The maximum absolute atomic E-state index is 3.60. The third kappa shape index (κ3) is 3.71. The predicted octanol–water partition coefficient (Wildman–Crippen LogP) is 3.42. The van der Waals surface area contributed by atoms with Crippen LogP contribution < -0.4 is 5.32 Å². The summed E-state index contributed by atoms with van der Waals surface area (Å²) >= 11 is 0. The molecule has 1 aliphatic heterocycles. The van der Waals surface area contributed by atoms with Crippen LogP contribution in [0.4, 0.5) is 0 Å². The Bertz CT molecular complexity index is 241. The van der Waals surface area contributed by atoms with Gasteiger partial charge in [-0.2, -0.15) is 0 Å². The van der Waals surface area contributed by atoms with Gasteiger partial charge in [0.15, 0.2) is 0 Å². The molecule has 1 heterocycles. The van der Waals surface area contributed by atoms with Crippen molar-refractivity contribution in [2.45, 2.75) is 83.8 Å². The third-order valence-electron chi connectivity index (χ3n) is 5.04. The molecule has 1 N–H and O–H groups in total. The van der Waals surface area contributed by atoms with Crippen LogP contribution in [0.3, 0.4) is 0 Å². The lowest BCUT2D eigenvalue weighted by Crippen LogP contribution is -2.57. The highest BCUT2D eigenvalue weighted by Gasteiger charge is 2.30. The minimum absolute atomic E-state index is 0.677. The van der Waals surface area contributed by atoms with Crippen LogP contribution in [0.15, 0.2) is 0 Å². The average Bonchev–Trinajstić information content (AvgIpc) is 2.58. The second-order valence-corrected chi connectivity index (χ2v) is 6.67. The number of nitrogens with zero attached hydrogens (tertiary/aromatic N) is 1. The summed E-state index contributed by atoms with van der Waals surface area (Å²) < 4.78 is 0. The van der Waals surface area contributed by atoms with Crippen molar-refractivity contribution in [3.05, 3.63) is 0 Å². The Labute approximate surface area is 114 Å². The van der Waals surface area contributed by atoms with Crippen LogP contribution in [0, 0.1) is 5.92 Å². The van der Waals surface area contributed by atoms with Gasteiger partial charge in [0.25, 0.3) is 0 Å². The summed E-state index contributed by atoms with van der Waals surface area (Å²) in [5.74, 6) is 1.02. The number of piperazine rings is 1. The lowest BCUT2D eigenvalue weighted by molar-refractivity contribution is 0.0854. The van der Waals surface area contributed by atoms with Crippen LogP contribution in [0.1, 0.15) is 65.7 Å². The Morgan fingerprint density at radius 2 is 1.94 bits per heavy atom. The maximum Gasteiger partial charge on any atom is 0.0196 e. The van der Waals surface area contributed by atoms with Gasteiger partial charge in [-0.25, -0.2) is 0 Å². The zero-order valence-corrected chi connectivity index (χ0v) is 12.6. The fraction of sp³-hybridized carbons (Fsp3) is 1.00. The van der Waals surface area contributed by atoms with Crippen molar-refractivity contribution in [2.24, 2.45) is 5.92 Å². The summed E-state index contributed by atoms with van der Waals surface area (Å²) in [6.45, 7) is 9.49. The molecule has 2 nitrogen and oxygen atoms in total. The molecule has 2 fully saturated rings. The predicted molar refractivity (Wildman–Crippen MR) is 78.9 cm³/mol. The van der Waals surface area contributed by atoms with Crippen molar-refractivity contribution in [3.63, 3.8) is 0 Å². The largest absolute Gasteiger partial charge is 0.311 e. The van der Waals surface area contributed by atoms with Gasteiger partial charge in [0.2, 0.25) is 0 Å². The summed E-state index contributed by atoms with van der Waals surface area (Å²) in [6, 6.07) is 2.27. The van der Waals surface area contributed by atoms with Crippen molar-refractivity contribution in [3.8, 4) is 0 Å². The highest BCUT2D eigenvalue weighted by atomic mass is 15.2. The molecule has 0 amide bonds. The molecular weight excluding hydrogens is 220 g/mol. The zero-order chi connectivity index (χ0) is 13.0. The Kier molecular flexibility index (Phi) is 5.50. The minimum atomic E-state index is 0.677. The van der Waals surface area contributed by atoms with Crippen LogP contribution in [0.5, 0.6) is 0 Å². The van der Waals surface area contributed by atoms with Crippen molar-refractivity contribution in [1.29, 1.82) is 0 Å². The summed E-state index contributed by atoms with van der Waals surface area (Å²) in [5, 5.41) is 3.60. The Morgan fingerprint density at radius 1 is 1.11 bits per heavy atom. The van der Waals surface area contributed by atoms with E-state index in [2.05, 4.69) is 31.0 Å². The van der Waals surface area contributed by atoms with Gasteiger partial charge in [0, 0.05) is 31.2 Å². The van der Waals surface area contributed by atoms with E-state index in [1.807, 2.05) is 0 Å². The van der Waals surface area contributed by atoms with E-state index in [1.54, 1.807) is 0 Å². The lowest BCUT2D eigenvalue weighted by Gasteiger charge is -2.42. The molecule has 0 aromatic carbocycles. The highest BCUT2D eigenvalue weighted by molar-refractivity contribution is 4.87. The standard InChI is InChI=1S/C16H32N2/c1-4-6-15-7-5-8-16(10-9-15)18-12-13(2)17-11-14(18)3/h13-17H,4-12H2,1-3H3. The van der Waals surface area contributed by atoms with Crippen LogP contribution in [0.2, 0.25) is 0 Å². The van der Waals surface area contributed by atoms with Gasteiger partial charge in [-0.3, -0.25) is 4.90 Å². The molecule has 2 aliphatic rings. The van der Waals surface area contributed by atoms with E-state index in [4.69, 9.17) is 0 Å². The molecule has 4 unspecified atom stereocenters. The SMILES string of the molecule is CCCC1CCCC(N2CC(C)NCC2C)CC1. The second kappa shape index (κ2) is 6.91. The van der Waals surface area contributed by atoms with Crippen molar-refractivity contribution >= 4 is 0 Å². The maximum atomic E-state index is 3.60. The van der Waals surface area contributed by atoms with Gasteiger partial charge in [-0.1, -0.05) is 32.6 Å². The lowest BCUT2D eigenvalue weighted by atomic mass is 9.95. The molecule has 1 aliphatic carbocycles. The first-order valence-electron chi connectivity index (χ1n) is 8.19. The van der Waals surface area contributed by atoms with Gasteiger partial charge < -0.3 is 5.32 Å². The zero-order valence-electron chi connectivity index (χ0n) is 12.6. The van der Waals surface area contributed by atoms with Crippen LogP contribution in [-0.2, 0) is 0 Å². The van der Waals surface area contributed by atoms with Crippen molar-refractivity contribution < 1.29 is 0 Å². The van der Waals surface area contributed by atoms with E-state index in [0.717, 1.165) is 18.0 Å². The van der Waals surface area contributed by atoms with Crippen LogP contribution in [0.25, 0.3) is 0 Å². The van der Waals surface area contributed by atoms with Gasteiger partial charge in [-0.15, -0.1) is 0 Å². The van der Waals surface area contributed by atoms with Gasteiger partial charge >= 0.3 is 0 Å². The number of nitrogens with one attached hydrogen (secondary N) is 1. The van der Waals surface area contributed by atoms with E-state index < -0.39 is 0 Å². The first-order chi connectivity index (χ1) is 8.70. The quantitative estimate of drug-likeness (QED) is 0.774. The fourth-order valence-corrected chi connectivity index (χ4v) is 3.95. The normalized spacial score (nSPS) is 39.5. The first-order valence-corrected chi connectivity index (χ1v) is 8.19. The Hall–Kier alpha value is -0.0800. The van der Waals surface area contributed by atoms with Crippen LogP contribution in [-0.4, -0.2) is 36.1 Å². The molecule has 106 valence electrons. The molecule has 0 radical (unpaired) electrons. The molecule has 2 rings (SSSR count). The first kappa shape index (κ1) is 14.3.